The van der Waals surface area contributed by atoms with Crippen molar-refractivity contribution in [3.8, 4) is 5.82 Å². The first kappa shape index (κ1) is 11.3. The minimum atomic E-state index is -0.352. The lowest BCUT2D eigenvalue weighted by Crippen LogP contribution is -2.18. The van der Waals surface area contributed by atoms with Gasteiger partial charge in [0.1, 0.15) is 5.69 Å². The molecule has 2 aromatic heterocycles. The summed E-state index contributed by atoms with van der Waals surface area (Å²) in [5.41, 5.74) is 6.75. The Bertz CT molecular complexity index is 569. The van der Waals surface area contributed by atoms with Crippen LogP contribution in [0.3, 0.4) is 0 Å². The van der Waals surface area contributed by atoms with Gasteiger partial charge in [-0.15, -0.1) is 5.10 Å². The van der Waals surface area contributed by atoms with E-state index in [1.807, 2.05) is 6.92 Å². The molecule has 0 unspecified atom stereocenters. The fourth-order valence-corrected chi connectivity index (χ4v) is 1.42. The number of hydrogen-bond donors (Lipinski definition) is 2. The quantitative estimate of drug-likeness (QED) is 0.779. The normalized spacial score (nSPS) is 10.7. The first-order valence-corrected chi connectivity index (χ1v) is 5.02. The molecule has 0 fully saturated rings. The Balaban J connectivity index is 2.49. The molecule has 0 radical (unpaired) electrons. The van der Waals surface area contributed by atoms with Crippen molar-refractivity contribution in [2.45, 2.75) is 13.5 Å². The molecule has 17 heavy (non-hydrogen) atoms. The van der Waals surface area contributed by atoms with E-state index in [1.165, 1.54) is 11.8 Å². The number of anilines is 1. The Hall–Kier alpha value is -2.15. The molecule has 2 heterocycles. The minimum Gasteiger partial charge on any atom is -0.393 e. The predicted molar refractivity (Wildman–Crippen MR) is 61.8 cm³/mol. The highest BCUT2D eigenvalue weighted by molar-refractivity contribution is 5.42. The number of nitrogens with zero attached hydrogens (tertiary/aromatic N) is 3. The number of ether oxygens (including phenoxy) is 1. The first-order chi connectivity index (χ1) is 8.13. The van der Waals surface area contributed by atoms with Gasteiger partial charge in [0, 0.05) is 7.11 Å². The molecule has 7 heteroatoms. The van der Waals surface area contributed by atoms with Crippen LogP contribution in [0.1, 0.15) is 11.4 Å². The summed E-state index contributed by atoms with van der Waals surface area (Å²) in [5.74, 6) is 0.398. The molecule has 0 spiro atoms. The van der Waals surface area contributed by atoms with Crippen molar-refractivity contribution in [3.63, 3.8) is 0 Å². The van der Waals surface area contributed by atoms with Crippen LogP contribution in [0.15, 0.2) is 16.9 Å². The highest BCUT2D eigenvalue weighted by Crippen LogP contribution is 2.07. The predicted octanol–water partition coefficient (Wildman–Crippen LogP) is -0.00738. The molecule has 0 aromatic carbocycles. The second-order valence-corrected chi connectivity index (χ2v) is 3.61. The van der Waals surface area contributed by atoms with Gasteiger partial charge in [0.25, 0.3) is 5.56 Å². The van der Waals surface area contributed by atoms with Crippen LogP contribution < -0.4 is 11.3 Å². The van der Waals surface area contributed by atoms with Gasteiger partial charge >= 0.3 is 0 Å². The molecule has 0 aliphatic rings. The van der Waals surface area contributed by atoms with Gasteiger partial charge in [-0.3, -0.25) is 9.89 Å². The molecule has 0 atom stereocenters. The second kappa shape index (κ2) is 4.38. The third kappa shape index (κ3) is 2.04. The lowest BCUT2D eigenvalue weighted by atomic mass is 10.4. The number of nitrogens with two attached hydrogens (primary N) is 1. The number of rotatable bonds is 3. The van der Waals surface area contributed by atoms with Crippen molar-refractivity contribution < 1.29 is 4.74 Å². The van der Waals surface area contributed by atoms with E-state index in [0.29, 0.717) is 11.5 Å². The van der Waals surface area contributed by atoms with E-state index in [1.54, 1.807) is 12.1 Å². The molecule has 3 N–H and O–H groups in total. The fourth-order valence-electron chi connectivity index (χ4n) is 1.42. The first-order valence-electron chi connectivity index (χ1n) is 5.02. The van der Waals surface area contributed by atoms with Crippen LogP contribution in [0.25, 0.3) is 5.82 Å². The molecule has 0 amide bonds. The highest BCUT2D eigenvalue weighted by atomic mass is 16.5. The van der Waals surface area contributed by atoms with Crippen LogP contribution in [-0.4, -0.2) is 27.1 Å². The van der Waals surface area contributed by atoms with Gasteiger partial charge < -0.3 is 10.5 Å². The topological polar surface area (TPSA) is 98.8 Å². The smallest absolute Gasteiger partial charge is 0.296 e. The number of aromatic amines is 1. The number of nitrogen functional groups attached to an aromatic ring is 1. The van der Waals surface area contributed by atoms with E-state index in [2.05, 4.69) is 15.3 Å². The average molecular weight is 235 g/mol. The van der Waals surface area contributed by atoms with Crippen molar-refractivity contribution in [2.75, 3.05) is 12.8 Å². The van der Waals surface area contributed by atoms with E-state index < -0.39 is 0 Å². The Morgan fingerprint density at radius 2 is 2.24 bits per heavy atom. The van der Waals surface area contributed by atoms with Gasteiger partial charge in [0.05, 0.1) is 18.0 Å². The molecule has 7 nitrogen and oxygen atoms in total. The van der Waals surface area contributed by atoms with Gasteiger partial charge in [-0.05, 0) is 19.1 Å². The fraction of sp³-hybridized carbons (Fsp3) is 0.300. The molecule has 2 rings (SSSR count). The third-order valence-electron chi connectivity index (χ3n) is 2.31. The third-order valence-corrected chi connectivity index (χ3v) is 2.31. The van der Waals surface area contributed by atoms with Gasteiger partial charge in [0.2, 0.25) is 0 Å². The Morgan fingerprint density at radius 3 is 2.82 bits per heavy atom. The maximum absolute atomic E-state index is 11.8. The molecule has 90 valence electrons. The molecule has 2 aromatic rings. The number of nitrogens with one attached hydrogen (secondary N) is 1. The molecule has 0 aliphatic heterocycles. The summed E-state index contributed by atoms with van der Waals surface area (Å²) in [5, 5.41) is 10.6. The summed E-state index contributed by atoms with van der Waals surface area (Å²) < 4.78 is 6.18. The van der Waals surface area contributed by atoms with E-state index in [-0.39, 0.29) is 17.9 Å². The average Bonchev–Trinajstić information content (AvgIpc) is 2.59. The number of methoxy groups -OCH3 is 1. The van der Waals surface area contributed by atoms with Gasteiger partial charge in [-0.25, -0.2) is 0 Å². The molecule has 0 bridgehead atoms. The summed E-state index contributed by atoms with van der Waals surface area (Å²) in [6, 6.07) is 3.46. The zero-order valence-corrected chi connectivity index (χ0v) is 9.60. The standard InChI is InChI=1S/C10H13N5O2/c1-6-3-4-8(13-12-6)15-10(16)9(11)7(14-15)5-17-2/h3-4,14H,5,11H2,1-2H3. The summed E-state index contributed by atoms with van der Waals surface area (Å²) in [7, 11) is 1.53. The maximum Gasteiger partial charge on any atom is 0.296 e. The van der Waals surface area contributed by atoms with E-state index in [0.717, 1.165) is 5.69 Å². The zero-order valence-electron chi connectivity index (χ0n) is 9.60. The van der Waals surface area contributed by atoms with Gasteiger partial charge in [-0.2, -0.15) is 9.78 Å². The van der Waals surface area contributed by atoms with Gasteiger partial charge in [-0.1, -0.05) is 0 Å². The summed E-state index contributed by atoms with van der Waals surface area (Å²) in [6.07, 6.45) is 0. The van der Waals surface area contributed by atoms with Crippen LogP contribution in [0.4, 0.5) is 5.69 Å². The largest absolute Gasteiger partial charge is 0.393 e. The summed E-state index contributed by atoms with van der Waals surface area (Å²) in [4.78, 5) is 11.8. The Kier molecular flexibility index (Phi) is 2.92. The highest BCUT2D eigenvalue weighted by Gasteiger charge is 2.12. The molecular weight excluding hydrogens is 222 g/mol. The monoisotopic (exact) mass is 235 g/mol. The SMILES string of the molecule is COCc1[nH]n(-c2ccc(C)nn2)c(=O)c1N. The summed E-state index contributed by atoms with van der Waals surface area (Å²) >= 11 is 0. The van der Waals surface area contributed by atoms with Gasteiger partial charge in [0.15, 0.2) is 5.82 Å². The van der Waals surface area contributed by atoms with Crippen molar-refractivity contribution >= 4 is 5.69 Å². The lowest BCUT2D eigenvalue weighted by molar-refractivity contribution is 0.181. The molecule has 0 saturated heterocycles. The summed E-state index contributed by atoms with van der Waals surface area (Å²) in [6.45, 7) is 2.06. The van der Waals surface area contributed by atoms with Crippen LogP contribution in [0.5, 0.6) is 0 Å². The van der Waals surface area contributed by atoms with Crippen LogP contribution >= 0.6 is 0 Å². The number of hydrogen-bond acceptors (Lipinski definition) is 5. The Morgan fingerprint density at radius 1 is 1.47 bits per heavy atom. The Labute approximate surface area is 97.2 Å². The van der Waals surface area contributed by atoms with Crippen molar-refractivity contribution in [1.29, 1.82) is 0 Å². The molecule has 0 saturated carbocycles. The van der Waals surface area contributed by atoms with E-state index in [9.17, 15) is 4.79 Å². The van der Waals surface area contributed by atoms with E-state index >= 15 is 0 Å². The minimum absolute atomic E-state index is 0.134. The zero-order chi connectivity index (χ0) is 12.4. The van der Waals surface area contributed by atoms with Crippen LogP contribution in [0, 0.1) is 6.92 Å². The number of aromatic nitrogens is 4. The van der Waals surface area contributed by atoms with E-state index in [4.69, 9.17) is 10.5 Å². The number of H-pyrrole nitrogens is 1. The van der Waals surface area contributed by atoms with Crippen molar-refractivity contribution in [1.82, 2.24) is 20.0 Å². The van der Waals surface area contributed by atoms with Crippen LogP contribution in [-0.2, 0) is 11.3 Å². The maximum atomic E-state index is 11.8. The molecular formula is C10H13N5O2. The lowest BCUT2D eigenvalue weighted by Gasteiger charge is -1.99. The van der Waals surface area contributed by atoms with Crippen molar-refractivity contribution in [2.24, 2.45) is 0 Å². The van der Waals surface area contributed by atoms with Crippen LogP contribution in [0.2, 0.25) is 0 Å². The van der Waals surface area contributed by atoms with Crippen molar-refractivity contribution in [3.05, 3.63) is 33.9 Å². The molecule has 0 aliphatic carbocycles. The second-order valence-electron chi connectivity index (χ2n) is 3.61. The number of aryl methyl sites for hydroxylation is 1.